The van der Waals surface area contributed by atoms with Gasteiger partial charge in [-0.25, -0.2) is 4.98 Å². The third kappa shape index (κ3) is 3.98. The number of aromatic nitrogens is 2. The van der Waals surface area contributed by atoms with Gasteiger partial charge in [-0.3, -0.25) is 9.59 Å². The second-order valence-corrected chi connectivity index (χ2v) is 7.74. The molecule has 0 saturated carbocycles. The molecule has 1 aliphatic heterocycles. The third-order valence-electron chi connectivity index (χ3n) is 5.62. The van der Waals surface area contributed by atoms with Crippen LogP contribution < -0.4 is 16.2 Å². The molecule has 0 aliphatic carbocycles. The fourth-order valence-electron chi connectivity index (χ4n) is 3.94. The van der Waals surface area contributed by atoms with Gasteiger partial charge in [0.1, 0.15) is 5.82 Å². The summed E-state index contributed by atoms with van der Waals surface area (Å²) in [5.41, 5.74) is 2.93. The van der Waals surface area contributed by atoms with Gasteiger partial charge in [-0.1, -0.05) is 30.3 Å². The van der Waals surface area contributed by atoms with Crippen molar-refractivity contribution in [3.63, 3.8) is 0 Å². The van der Waals surface area contributed by atoms with Gasteiger partial charge in [0.25, 0.3) is 11.5 Å². The maximum Gasteiger partial charge on any atom is 0.259 e. The van der Waals surface area contributed by atoms with E-state index in [4.69, 9.17) is 4.98 Å². The molecule has 0 spiro atoms. The first-order valence-electron chi connectivity index (χ1n) is 10.6. The Hall–Kier alpha value is -3.97. The van der Waals surface area contributed by atoms with E-state index in [1.807, 2.05) is 59.5 Å². The zero-order chi connectivity index (χ0) is 21.9. The highest BCUT2D eigenvalue weighted by Crippen LogP contribution is 2.27. The van der Waals surface area contributed by atoms with Crippen LogP contribution in [0.1, 0.15) is 10.4 Å². The number of fused-ring (bicyclic) bond motifs is 1. The van der Waals surface area contributed by atoms with E-state index in [9.17, 15) is 9.59 Å². The van der Waals surface area contributed by atoms with Crippen molar-refractivity contribution in [3.8, 4) is 11.3 Å². The summed E-state index contributed by atoms with van der Waals surface area (Å²) in [4.78, 5) is 34.6. The highest BCUT2D eigenvalue weighted by molar-refractivity contribution is 5.96. The van der Waals surface area contributed by atoms with Crippen LogP contribution in [0.2, 0.25) is 0 Å². The van der Waals surface area contributed by atoms with Crippen LogP contribution in [-0.4, -0.2) is 47.0 Å². The molecule has 0 bridgehead atoms. The van der Waals surface area contributed by atoms with Crippen molar-refractivity contribution in [2.75, 3.05) is 31.5 Å². The average Bonchev–Trinajstić information content (AvgIpc) is 2.85. The van der Waals surface area contributed by atoms with E-state index in [2.05, 4.69) is 15.6 Å². The Kier molecular flexibility index (Phi) is 5.39. The minimum atomic E-state index is -0.206. The summed E-state index contributed by atoms with van der Waals surface area (Å²) in [6.45, 7) is 3.06. The molecule has 4 aromatic rings. The van der Waals surface area contributed by atoms with Crippen molar-refractivity contribution in [2.24, 2.45) is 0 Å². The summed E-state index contributed by atoms with van der Waals surface area (Å²) in [5, 5.41) is 7.83. The number of rotatable bonds is 4. The Morgan fingerprint density at radius 1 is 0.969 bits per heavy atom. The number of aromatic amines is 1. The maximum absolute atomic E-state index is 12.7. The van der Waals surface area contributed by atoms with E-state index in [0.29, 0.717) is 29.9 Å². The Labute approximate surface area is 185 Å². The Morgan fingerprint density at radius 2 is 1.72 bits per heavy atom. The molecule has 2 aromatic heterocycles. The smallest absolute Gasteiger partial charge is 0.259 e. The SMILES string of the molecule is O=C(c1ccc(Nc2nc(-c3ccccc3)cc3cc[nH]c(=O)c23)cc1)N1CCNCC1. The summed E-state index contributed by atoms with van der Waals surface area (Å²) in [5.74, 6) is 0.508. The molecule has 3 heterocycles. The van der Waals surface area contributed by atoms with Crippen LogP contribution in [0.5, 0.6) is 0 Å². The van der Waals surface area contributed by atoms with Gasteiger partial charge in [0.15, 0.2) is 0 Å². The zero-order valence-corrected chi connectivity index (χ0v) is 17.5. The van der Waals surface area contributed by atoms with Crippen LogP contribution in [0.3, 0.4) is 0 Å². The van der Waals surface area contributed by atoms with Gasteiger partial charge in [0, 0.05) is 49.2 Å². The first kappa shape index (κ1) is 20.0. The molecular formula is C25H23N5O2. The van der Waals surface area contributed by atoms with Crippen molar-refractivity contribution < 1.29 is 4.79 Å². The van der Waals surface area contributed by atoms with Crippen molar-refractivity contribution in [2.45, 2.75) is 0 Å². The van der Waals surface area contributed by atoms with Gasteiger partial charge in [-0.05, 0) is 41.8 Å². The molecule has 1 amide bonds. The van der Waals surface area contributed by atoms with Crippen LogP contribution in [0.25, 0.3) is 22.0 Å². The third-order valence-corrected chi connectivity index (χ3v) is 5.62. The number of amides is 1. The number of anilines is 2. The van der Waals surface area contributed by atoms with E-state index in [-0.39, 0.29) is 11.5 Å². The zero-order valence-electron chi connectivity index (χ0n) is 17.5. The quantitative estimate of drug-likeness (QED) is 0.466. The number of nitrogens with zero attached hydrogens (tertiary/aromatic N) is 2. The van der Waals surface area contributed by atoms with E-state index in [1.165, 1.54) is 0 Å². The van der Waals surface area contributed by atoms with Crippen molar-refractivity contribution in [3.05, 3.63) is 88.8 Å². The molecule has 32 heavy (non-hydrogen) atoms. The van der Waals surface area contributed by atoms with E-state index in [0.717, 1.165) is 35.4 Å². The molecule has 1 saturated heterocycles. The Morgan fingerprint density at radius 3 is 2.47 bits per heavy atom. The molecule has 5 rings (SSSR count). The lowest BCUT2D eigenvalue weighted by atomic mass is 10.1. The molecule has 7 heteroatoms. The van der Waals surface area contributed by atoms with Crippen LogP contribution in [-0.2, 0) is 0 Å². The van der Waals surface area contributed by atoms with Crippen LogP contribution in [0.15, 0.2) is 77.7 Å². The molecule has 0 unspecified atom stereocenters. The lowest BCUT2D eigenvalue weighted by Gasteiger charge is -2.27. The van der Waals surface area contributed by atoms with Gasteiger partial charge in [-0.2, -0.15) is 0 Å². The Balaban J connectivity index is 1.48. The van der Waals surface area contributed by atoms with Gasteiger partial charge in [0.2, 0.25) is 0 Å². The second-order valence-electron chi connectivity index (χ2n) is 7.74. The average molecular weight is 425 g/mol. The number of pyridine rings is 2. The van der Waals surface area contributed by atoms with Gasteiger partial charge in [-0.15, -0.1) is 0 Å². The number of hydrogen-bond donors (Lipinski definition) is 3. The minimum Gasteiger partial charge on any atom is -0.340 e. The molecule has 160 valence electrons. The van der Waals surface area contributed by atoms with Gasteiger partial charge >= 0.3 is 0 Å². The largest absolute Gasteiger partial charge is 0.340 e. The Bertz CT molecular complexity index is 1310. The van der Waals surface area contributed by atoms with Crippen molar-refractivity contribution in [1.29, 1.82) is 0 Å². The molecule has 3 N–H and O–H groups in total. The van der Waals surface area contributed by atoms with Gasteiger partial charge < -0.3 is 20.5 Å². The molecule has 1 fully saturated rings. The lowest BCUT2D eigenvalue weighted by molar-refractivity contribution is 0.0736. The summed E-state index contributed by atoms with van der Waals surface area (Å²) < 4.78 is 0. The predicted molar refractivity (Wildman–Crippen MR) is 126 cm³/mol. The fourth-order valence-corrected chi connectivity index (χ4v) is 3.94. The number of piperazine rings is 1. The fraction of sp³-hybridized carbons (Fsp3) is 0.160. The normalized spacial score (nSPS) is 13.8. The topological polar surface area (TPSA) is 90.1 Å². The molecule has 0 atom stereocenters. The maximum atomic E-state index is 12.7. The number of carbonyl (C=O) groups excluding carboxylic acids is 1. The molecule has 1 aliphatic rings. The standard InChI is InChI=1S/C25H23N5O2/c31-24-22-19(10-11-27-24)16-21(17-4-2-1-3-5-17)29-23(22)28-20-8-6-18(7-9-20)25(32)30-14-12-26-13-15-30/h1-11,16,26H,12-15H2,(H,27,31)(H,28,29). The summed E-state index contributed by atoms with van der Waals surface area (Å²) in [6, 6.07) is 20.9. The second kappa shape index (κ2) is 8.64. The predicted octanol–water partition coefficient (Wildman–Crippen LogP) is 3.38. The lowest BCUT2D eigenvalue weighted by Crippen LogP contribution is -2.46. The number of hydrogen-bond acceptors (Lipinski definition) is 5. The number of H-pyrrole nitrogens is 1. The monoisotopic (exact) mass is 425 g/mol. The number of benzene rings is 2. The van der Waals surface area contributed by atoms with Crippen LogP contribution >= 0.6 is 0 Å². The minimum absolute atomic E-state index is 0.0316. The highest BCUT2D eigenvalue weighted by atomic mass is 16.2. The van der Waals surface area contributed by atoms with Crippen molar-refractivity contribution in [1.82, 2.24) is 20.2 Å². The van der Waals surface area contributed by atoms with E-state index in [1.54, 1.807) is 18.3 Å². The van der Waals surface area contributed by atoms with E-state index < -0.39 is 0 Å². The van der Waals surface area contributed by atoms with Crippen LogP contribution in [0, 0.1) is 0 Å². The summed E-state index contributed by atoms with van der Waals surface area (Å²) in [7, 11) is 0. The highest BCUT2D eigenvalue weighted by Gasteiger charge is 2.18. The van der Waals surface area contributed by atoms with E-state index >= 15 is 0 Å². The van der Waals surface area contributed by atoms with Crippen LogP contribution in [0.4, 0.5) is 11.5 Å². The van der Waals surface area contributed by atoms with Gasteiger partial charge in [0.05, 0.1) is 11.1 Å². The summed E-state index contributed by atoms with van der Waals surface area (Å²) in [6.07, 6.45) is 1.64. The molecule has 0 radical (unpaired) electrons. The molecular weight excluding hydrogens is 402 g/mol. The number of nitrogens with one attached hydrogen (secondary N) is 3. The van der Waals surface area contributed by atoms with Crippen molar-refractivity contribution >= 4 is 28.2 Å². The molecule has 2 aromatic carbocycles. The number of carbonyl (C=O) groups is 1. The summed E-state index contributed by atoms with van der Waals surface area (Å²) >= 11 is 0. The first-order chi connectivity index (χ1) is 15.7. The molecule has 7 nitrogen and oxygen atoms in total. The first-order valence-corrected chi connectivity index (χ1v) is 10.6.